The van der Waals surface area contributed by atoms with Crippen LogP contribution >= 0.6 is 0 Å². The predicted octanol–water partition coefficient (Wildman–Crippen LogP) is 0.824. The van der Waals surface area contributed by atoms with E-state index in [9.17, 15) is 19.5 Å². The maximum atomic E-state index is 12.6. The fraction of sp³-hybridized carbons (Fsp3) is 0.471. The molecule has 4 atom stereocenters. The molecule has 1 aromatic carbocycles. The number of anilines is 1. The Morgan fingerprint density at radius 2 is 1.87 bits per heavy atom. The lowest BCUT2D eigenvalue weighted by Gasteiger charge is -2.30. The van der Waals surface area contributed by atoms with Crippen molar-refractivity contribution in [2.75, 3.05) is 12.4 Å². The molecule has 1 amide bonds. The van der Waals surface area contributed by atoms with Crippen molar-refractivity contribution in [2.45, 2.75) is 19.3 Å². The van der Waals surface area contributed by atoms with Crippen LogP contribution in [0.3, 0.4) is 0 Å². The van der Waals surface area contributed by atoms with E-state index in [0.717, 1.165) is 19.3 Å². The van der Waals surface area contributed by atoms with Crippen molar-refractivity contribution in [3.8, 4) is 0 Å². The minimum atomic E-state index is -1.14. The zero-order valence-electron chi connectivity index (χ0n) is 12.8. The van der Waals surface area contributed by atoms with Gasteiger partial charge in [-0.3, -0.25) is 4.79 Å². The van der Waals surface area contributed by atoms with Crippen LogP contribution in [0.15, 0.2) is 24.3 Å². The largest absolute Gasteiger partial charge is 0.550 e. The molecule has 0 radical (unpaired) electrons. The van der Waals surface area contributed by atoms with E-state index in [1.165, 1.54) is 13.2 Å². The molecule has 2 fully saturated rings. The van der Waals surface area contributed by atoms with Crippen LogP contribution in [-0.4, -0.2) is 25.0 Å². The molecule has 2 aliphatic carbocycles. The van der Waals surface area contributed by atoms with Gasteiger partial charge in [0.2, 0.25) is 5.91 Å². The fourth-order valence-electron chi connectivity index (χ4n) is 4.08. The number of nitrogens with one attached hydrogen (secondary N) is 1. The summed E-state index contributed by atoms with van der Waals surface area (Å²) in [5, 5.41) is 14.1. The van der Waals surface area contributed by atoms with Crippen molar-refractivity contribution in [3.63, 3.8) is 0 Å². The summed E-state index contributed by atoms with van der Waals surface area (Å²) < 4.78 is 4.65. The summed E-state index contributed by atoms with van der Waals surface area (Å²) in [6, 6.07) is 6.40. The summed E-state index contributed by atoms with van der Waals surface area (Å²) >= 11 is 0. The van der Waals surface area contributed by atoms with Gasteiger partial charge in [0.1, 0.15) is 0 Å². The number of benzene rings is 1. The molecule has 1 N–H and O–H groups in total. The molecule has 0 aliphatic heterocycles. The smallest absolute Gasteiger partial charge is 0.337 e. The molecule has 0 heterocycles. The van der Waals surface area contributed by atoms with Gasteiger partial charge in [-0.2, -0.15) is 0 Å². The second-order valence-electron chi connectivity index (χ2n) is 6.27. The average Bonchev–Trinajstić information content (AvgIpc) is 3.15. The highest BCUT2D eigenvalue weighted by atomic mass is 16.5. The molecule has 2 saturated carbocycles. The summed E-state index contributed by atoms with van der Waals surface area (Å²) in [5.74, 6) is -3.06. The average molecular weight is 316 g/mol. The number of aliphatic carboxylic acids is 1. The predicted molar refractivity (Wildman–Crippen MR) is 79.2 cm³/mol. The third-order valence-corrected chi connectivity index (χ3v) is 5.04. The summed E-state index contributed by atoms with van der Waals surface area (Å²) in [6.07, 6.45) is 2.51. The van der Waals surface area contributed by atoms with Crippen molar-refractivity contribution in [1.29, 1.82) is 0 Å². The van der Waals surface area contributed by atoms with Crippen LogP contribution in [0, 0.1) is 23.7 Å². The molecule has 3 rings (SSSR count). The Labute approximate surface area is 133 Å². The van der Waals surface area contributed by atoms with Crippen LogP contribution in [0.5, 0.6) is 0 Å². The van der Waals surface area contributed by atoms with Gasteiger partial charge in [-0.15, -0.1) is 0 Å². The molecule has 122 valence electrons. The number of fused-ring (bicyclic) bond motifs is 2. The molecule has 2 aliphatic rings. The third kappa shape index (κ3) is 2.81. The molecular formula is C17H18NO5-. The molecule has 0 spiro atoms. The normalized spacial score (nSPS) is 28.4. The van der Waals surface area contributed by atoms with Gasteiger partial charge in [-0.25, -0.2) is 4.79 Å². The SMILES string of the molecule is COC(=O)c1cccc(NC(=O)[C@H]2[C@H]3CC[C@@H](C3)[C@@H]2C(=O)[O-])c1. The number of methoxy groups -OCH3 is 1. The molecule has 0 unspecified atom stereocenters. The van der Waals surface area contributed by atoms with Gasteiger partial charge in [0.25, 0.3) is 0 Å². The van der Waals surface area contributed by atoms with Gasteiger partial charge >= 0.3 is 5.97 Å². The molecule has 0 aromatic heterocycles. The molecule has 6 nitrogen and oxygen atoms in total. The number of hydrogen-bond acceptors (Lipinski definition) is 5. The Bertz CT molecular complexity index is 656. The number of esters is 1. The van der Waals surface area contributed by atoms with Crippen molar-refractivity contribution in [1.82, 2.24) is 0 Å². The first-order valence-electron chi connectivity index (χ1n) is 7.71. The summed E-state index contributed by atoms with van der Waals surface area (Å²) in [7, 11) is 1.29. The topological polar surface area (TPSA) is 95.5 Å². The highest BCUT2D eigenvalue weighted by Gasteiger charge is 2.51. The summed E-state index contributed by atoms with van der Waals surface area (Å²) in [6.45, 7) is 0. The molecular weight excluding hydrogens is 298 g/mol. The Balaban J connectivity index is 1.77. The first kappa shape index (κ1) is 15.5. The number of rotatable bonds is 4. The van der Waals surface area contributed by atoms with Crippen LogP contribution in [0.25, 0.3) is 0 Å². The Hall–Kier alpha value is -2.37. The van der Waals surface area contributed by atoms with E-state index in [0.29, 0.717) is 11.3 Å². The van der Waals surface area contributed by atoms with E-state index in [-0.39, 0.29) is 17.7 Å². The maximum absolute atomic E-state index is 12.6. The summed E-state index contributed by atoms with van der Waals surface area (Å²) in [4.78, 5) is 35.5. The van der Waals surface area contributed by atoms with Gasteiger partial charge in [-0.05, 0) is 49.3 Å². The van der Waals surface area contributed by atoms with Crippen molar-refractivity contribution in [2.24, 2.45) is 23.7 Å². The Morgan fingerprint density at radius 1 is 1.17 bits per heavy atom. The Kier molecular flexibility index (Phi) is 4.07. The number of carbonyl (C=O) groups excluding carboxylic acids is 3. The van der Waals surface area contributed by atoms with E-state index in [2.05, 4.69) is 10.1 Å². The van der Waals surface area contributed by atoms with E-state index in [4.69, 9.17) is 0 Å². The fourth-order valence-corrected chi connectivity index (χ4v) is 4.08. The van der Waals surface area contributed by atoms with Crippen molar-refractivity contribution >= 4 is 23.5 Å². The number of carboxylic acids is 1. The van der Waals surface area contributed by atoms with Gasteiger partial charge in [-0.1, -0.05) is 6.07 Å². The molecule has 23 heavy (non-hydrogen) atoms. The van der Waals surface area contributed by atoms with Crippen molar-refractivity contribution < 1.29 is 24.2 Å². The number of amides is 1. The first-order chi connectivity index (χ1) is 11.0. The van der Waals surface area contributed by atoms with Crippen LogP contribution in [0.4, 0.5) is 5.69 Å². The van der Waals surface area contributed by atoms with E-state index in [1.807, 2.05) is 0 Å². The second kappa shape index (κ2) is 6.02. The van der Waals surface area contributed by atoms with Crippen LogP contribution in [0.2, 0.25) is 0 Å². The molecule has 6 heteroatoms. The van der Waals surface area contributed by atoms with Gasteiger partial charge in [0.15, 0.2) is 0 Å². The number of hydrogen-bond donors (Lipinski definition) is 1. The number of carbonyl (C=O) groups is 3. The Morgan fingerprint density at radius 3 is 2.52 bits per heavy atom. The minimum Gasteiger partial charge on any atom is -0.550 e. The first-order valence-corrected chi connectivity index (χ1v) is 7.71. The second-order valence-corrected chi connectivity index (χ2v) is 6.27. The van der Waals surface area contributed by atoms with E-state index < -0.39 is 23.8 Å². The molecule has 0 saturated heterocycles. The van der Waals surface area contributed by atoms with Gasteiger partial charge in [0, 0.05) is 23.5 Å². The van der Waals surface area contributed by atoms with E-state index in [1.54, 1.807) is 18.2 Å². The highest BCUT2D eigenvalue weighted by Crippen LogP contribution is 2.52. The standard InChI is InChI=1S/C17H19NO5/c1-23-17(22)11-3-2-4-12(8-11)18-15(19)13-9-5-6-10(7-9)14(13)16(20)21/h2-4,8-10,13-14H,5-7H2,1H3,(H,18,19)(H,20,21)/p-1/t9-,10-,13-,14-/m0/s1. The van der Waals surface area contributed by atoms with E-state index >= 15 is 0 Å². The summed E-state index contributed by atoms with van der Waals surface area (Å²) in [5.41, 5.74) is 0.785. The zero-order chi connectivity index (χ0) is 16.6. The third-order valence-electron chi connectivity index (χ3n) is 5.04. The van der Waals surface area contributed by atoms with Gasteiger partial charge in [0.05, 0.1) is 12.7 Å². The quantitative estimate of drug-likeness (QED) is 0.830. The van der Waals surface area contributed by atoms with Crippen LogP contribution in [-0.2, 0) is 14.3 Å². The minimum absolute atomic E-state index is 0.0437. The molecule has 2 bridgehead atoms. The lowest BCUT2D eigenvalue weighted by molar-refractivity contribution is -0.314. The van der Waals surface area contributed by atoms with Gasteiger partial charge < -0.3 is 20.0 Å². The monoisotopic (exact) mass is 316 g/mol. The maximum Gasteiger partial charge on any atom is 0.337 e. The lowest BCUT2D eigenvalue weighted by Crippen LogP contribution is -2.43. The van der Waals surface area contributed by atoms with Crippen LogP contribution < -0.4 is 10.4 Å². The lowest BCUT2D eigenvalue weighted by atomic mass is 9.78. The molecule has 1 aromatic rings. The van der Waals surface area contributed by atoms with Crippen LogP contribution in [0.1, 0.15) is 29.6 Å². The zero-order valence-corrected chi connectivity index (χ0v) is 12.8. The number of carboxylic acid groups (broad SMARTS) is 1. The highest BCUT2D eigenvalue weighted by molar-refractivity contribution is 5.97. The van der Waals surface area contributed by atoms with Crippen molar-refractivity contribution in [3.05, 3.63) is 29.8 Å². The number of ether oxygens (including phenoxy) is 1.